The van der Waals surface area contributed by atoms with E-state index in [1.54, 1.807) is 19.2 Å². The minimum atomic E-state index is -0.395. The number of non-ortho nitro benzene ring substituents is 1. The number of hydrogen-bond donors (Lipinski definition) is 1. The van der Waals surface area contributed by atoms with Crippen LogP contribution in [0, 0.1) is 10.1 Å². The largest absolute Gasteiger partial charge is 0.496 e. The molecule has 0 aliphatic heterocycles. The van der Waals surface area contributed by atoms with Crippen molar-refractivity contribution >= 4 is 32.4 Å². The summed E-state index contributed by atoms with van der Waals surface area (Å²) in [5, 5.41) is 14.8. The van der Waals surface area contributed by atoms with Gasteiger partial charge < -0.3 is 10.1 Å². The highest BCUT2D eigenvalue weighted by molar-refractivity contribution is 7.22. The second-order valence-electron chi connectivity index (χ2n) is 4.92. The summed E-state index contributed by atoms with van der Waals surface area (Å²) >= 11 is 1.42. The van der Waals surface area contributed by atoms with Gasteiger partial charge in [0.1, 0.15) is 5.75 Å². The van der Waals surface area contributed by atoms with Gasteiger partial charge in [0, 0.05) is 18.7 Å². The monoisotopic (exact) mass is 329 g/mol. The molecule has 1 heterocycles. The van der Waals surface area contributed by atoms with E-state index in [4.69, 9.17) is 4.74 Å². The van der Waals surface area contributed by atoms with Crippen LogP contribution in [0.4, 0.5) is 10.8 Å². The van der Waals surface area contributed by atoms with Crippen LogP contribution in [0.3, 0.4) is 0 Å². The van der Waals surface area contributed by atoms with E-state index >= 15 is 0 Å². The van der Waals surface area contributed by atoms with Gasteiger partial charge >= 0.3 is 0 Å². The second kappa shape index (κ2) is 6.62. The van der Waals surface area contributed by atoms with Crippen molar-refractivity contribution in [1.29, 1.82) is 0 Å². The smallest absolute Gasteiger partial charge is 0.270 e. The molecule has 0 unspecified atom stereocenters. The first-order chi connectivity index (χ1) is 11.2. The van der Waals surface area contributed by atoms with Gasteiger partial charge in [0.05, 0.1) is 22.2 Å². The van der Waals surface area contributed by atoms with Crippen LogP contribution >= 0.6 is 11.3 Å². The van der Waals surface area contributed by atoms with Gasteiger partial charge in [-0.2, -0.15) is 0 Å². The van der Waals surface area contributed by atoms with Crippen LogP contribution in [0.25, 0.3) is 10.2 Å². The molecule has 0 atom stereocenters. The van der Waals surface area contributed by atoms with Gasteiger partial charge in [-0.3, -0.25) is 10.1 Å². The number of rotatable bonds is 6. The minimum Gasteiger partial charge on any atom is -0.496 e. The lowest BCUT2D eigenvalue weighted by molar-refractivity contribution is -0.384. The highest BCUT2D eigenvalue weighted by Gasteiger charge is 2.10. The fourth-order valence-corrected chi connectivity index (χ4v) is 3.24. The first kappa shape index (κ1) is 15.2. The maximum absolute atomic E-state index is 10.8. The zero-order valence-electron chi connectivity index (χ0n) is 12.5. The fraction of sp³-hybridized carbons (Fsp3) is 0.188. The van der Waals surface area contributed by atoms with Crippen molar-refractivity contribution in [2.24, 2.45) is 0 Å². The summed E-state index contributed by atoms with van der Waals surface area (Å²) in [6.07, 6.45) is 0.806. The van der Waals surface area contributed by atoms with Crippen LogP contribution in [0.2, 0.25) is 0 Å². The maximum atomic E-state index is 10.8. The molecule has 118 valence electrons. The predicted octanol–water partition coefficient (Wildman–Crippen LogP) is 3.87. The Morgan fingerprint density at radius 3 is 2.91 bits per heavy atom. The topological polar surface area (TPSA) is 77.3 Å². The van der Waals surface area contributed by atoms with Gasteiger partial charge in [-0.25, -0.2) is 4.98 Å². The van der Waals surface area contributed by atoms with E-state index in [0.717, 1.165) is 33.1 Å². The number of nitro groups is 1. The van der Waals surface area contributed by atoms with Crippen molar-refractivity contribution in [1.82, 2.24) is 4.98 Å². The molecule has 3 rings (SSSR count). The van der Waals surface area contributed by atoms with E-state index in [1.165, 1.54) is 17.4 Å². The average Bonchev–Trinajstić information content (AvgIpc) is 2.97. The van der Waals surface area contributed by atoms with Gasteiger partial charge in [-0.05, 0) is 24.1 Å². The van der Waals surface area contributed by atoms with Crippen LogP contribution in [-0.4, -0.2) is 23.6 Å². The Hall–Kier alpha value is -2.67. The third kappa shape index (κ3) is 3.40. The molecule has 0 aliphatic carbocycles. The van der Waals surface area contributed by atoms with Gasteiger partial charge in [0.2, 0.25) is 0 Å². The number of aromatic nitrogens is 1. The van der Waals surface area contributed by atoms with Gasteiger partial charge in [-0.15, -0.1) is 0 Å². The lowest BCUT2D eigenvalue weighted by Crippen LogP contribution is -2.05. The molecular weight excluding hydrogens is 314 g/mol. The first-order valence-electron chi connectivity index (χ1n) is 7.08. The molecule has 6 nitrogen and oxygen atoms in total. The number of nitro benzene ring substituents is 1. The quantitative estimate of drug-likeness (QED) is 0.549. The predicted molar refractivity (Wildman–Crippen MR) is 91.5 cm³/mol. The summed E-state index contributed by atoms with van der Waals surface area (Å²) in [6, 6.07) is 12.6. The Labute approximate surface area is 136 Å². The van der Waals surface area contributed by atoms with E-state index in [9.17, 15) is 10.1 Å². The van der Waals surface area contributed by atoms with Crippen molar-refractivity contribution < 1.29 is 9.66 Å². The number of methoxy groups -OCH3 is 1. The molecule has 2 aromatic carbocycles. The minimum absolute atomic E-state index is 0.0849. The van der Waals surface area contributed by atoms with Crippen LogP contribution in [-0.2, 0) is 6.42 Å². The average molecular weight is 329 g/mol. The molecule has 23 heavy (non-hydrogen) atoms. The molecule has 0 radical (unpaired) electrons. The number of thiazole rings is 1. The zero-order chi connectivity index (χ0) is 16.2. The lowest BCUT2D eigenvalue weighted by atomic mass is 10.1. The number of anilines is 1. The number of nitrogens with zero attached hydrogens (tertiary/aromatic N) is 2. The Bertz CT molecular complexity index is 847. The summed E-state index contributed by atoms with van der Waals surface area (Å²) in [6.45, 7) is 0.711. The number of ether oxygens (including phenoxy) is 1. The number of benzene rings is 2. The summed E-state index contributed by atoms with van der Waals surface area (Å²) in [7, 11) is 1.66. The highest BCUT2D eigenvalue weighted by atomic mass is 32.1. The highest BCUT2D eigenvalue weighted by Crippen LogP contribution is 2.29. The molecule has 0 fully saturated rings. The van der Waals surface area contributed by atoms with Crippen molar-refractivity contribution in [3.8, 4) is 5.75 Å². The van der Waals surface area contributed by atoms with E-state index in [1.807, 2.05) is 24.3 Å². The van der Waals surface area contributed by atoms with E-state index in [-0.39, 0.29) is 5.69 Å². The molecule has 7 heteroatoms. The fourth-order valence-electron chi connectivity index (χ4n) is 2.32. The van der Waals surface area contributed by atoms with Gasteiger partial charge in [0.25, 0.3) is 5.69 Å². The van der Waals surface area contributed by atoms with Crippen LogP contribution in [0.5, 0.6) is 5.75 Å². The molecule has 0 bridgehead atoms. The van der Waals surface area contributed by atoms with Crippen LogP contribution in [0.1, 0.15) is 5.56 Å². The van der Waals surface area contributed by atoms with Gasteiger partial charge in [-0.1, -0.05) is 29.5 Å². The zero-order valence-corrected chi connectivity index (χ0v) is 13.3. The molecule has 0 spiro atoms. The third-order valence-corrected chi connectivity index (χ3v) is 4.42. The summed E-state index contributed by atoms with van der Waals surface area (Å²) < 4.78 is 6.13. The molecule has 0 saturated heterocycles. The number of para-hydroxylation sites is 1. The number of fused-ring (bicyclic) bond motifs is 1. The van der Waals surface area contributed by atoms with Crippen LogP contribution < -0.4 is 10.1 Å². The Balaban J connectivity index is 1.68. The number of nitrogens with one attached hydrogen (secondary N) is 1. The molecule has 1 aromatic heterocycles. The van der Waals surface area contributed by atoms with Gasteiger partial charge in [0.15, 0.2) is 5.13 Å². The Morgan fingerprint density at radius 2 is 2.13 bits per heavy atom. The number of hydrogen-bond acceptors (Lipinski definition) is 6. The van der Waals surface area contributed by atoms with Crippen molar-refractivity contribution in [3.05, 3.63) is 58.1 Å². The normalized spacial score (nSPS) is 10.7. The summed E-state index contributed by atoms with van der Waals surface area (Å²) in [5.74, 6) is 0.870. The molecule has 0 saturated carbocycles. The van der Waals surface area contributed by atoms with E-state index < -0.39 is 4.92 Å². The van der Waals surface area contributed by atoms with E-state index in [2.05, 4.69) is 10.3 Å². The lowest BCUT2D eigenvalue weighted by Gasteiger charge is -2.08. The first-order valence-corrected chi connectivity index (χ1v) is 7.90. The molecular formula is C16H15N3O3S. The molecule has 0 aliphatic rings. The van der Waals surface area contributed by atoms with Crippen LogP contribution in [0.15, 0.2) is 42.5 Å². The SMILES string of the molecule is COc1ccccc1CCNc1nc2ccc([N+](=O)[O-])cc2s1. The molecule has 3 aromatic rings. The molecule has 1 N–H and O–H groups in total. The Morgan fingerprint density at radius 1 is 1.30 bits per heavy atom. The maximum Gasteiger partial charge on any atom is 0.270 e. The van der Waals surface area contributed by atoms with Crippen molar-refractivity contribution in [2.75, 3.05) is 19.0 Å². The summed E-state index contributed by atoms with van der Waals surface area (Å²) in [5.41, 5.74) is 1.97. The van der Waals surface area contributed by atoms with E-state index in [0.29, 0.717) is 6.54 Å². The molecule has 0 amide bonds. The van der Waals surface area contributed by atoms with Crippen molar-refractivity contribution in [3.63, 3.8) is 0 Å². The third-order valence-electron chi connectivity index (χ3n) is 3.45. The summed E-state index contributed by atoms with van der Waals surface area (Å²) in [4.78, 5) is 14.8. The Kier molecular flexibility index (Phi) is 4.38. The second-order valence-corrected chi connectivity index (χ2v) is 5.95. The standard InChI is InChI=1S/C16H15N3O3S/c1-22-14-5-3-2-4-11(14)8-9-17-16-18-13-7-6-12(19(20)21)10-15(13)23-16/h2-7,10H,8-9H2,1H3,(H,17,18). The van der Waals surface area contributed by atoms with Crippen molar-refractivity contribution in [2.45, 2.75) is 6.42 Å².